The number of ether oxygens (including phenoxy) is 1. The van der Waals surface area contributed by atoms with Crippen LogP contribution in [0.4, 0.5) is 0 Å². The van der Waals surface area contributed by atoms with Gasteiger partial charge >= 0.3 is 17.6 Å². The van der Waals surface area contributed by atoms with Crippen LogP contribution in [0.1, 0.15) is 50.6 Å². The summed E-state index contributed by atoms with van der Waals surface area (Å²) in [4.78, 5) is 50.7. The minimum atomic E-state index is -1.14. The fourth-order valence-electron chi connectivity index (χ4n) is 4.75. The van der Waals surface area contributed by atoms with Gasteiger partial charge in [0.1, 0.15) is 23.5 Å². The summed E-state index contributed by atoms with van der Waals surface area (Å²) in [5.41, 5.74) is -0.607. The van der Waals surface area contributed by atoms with Crippen LogP contribution < -0.4 is 10.9 Å². The van der Waals surface area contributed by atoms with Gasteiger partial charge in [0.25, 0.3) is 0 Å². The Morgan fingerprint density at radius 1 is 1.05 bits per heavy atom. The number of esters is 1. The Hall–Kier alpha value is -4.47. The van der Waals surface area contributed by atoms with E-state index >= 15 is 0 Å². The van der Waals surface area contributed by atoms with Crippen LogP contribution in [-0.2, 0) is 16.0 Å². The van der Waals surface area contributed by atoms with Crippen LogP contribution in [0.2, 0.25) is 5.02 Å². The van der Waals surface area contributed by atoms with Gasteiger partial charge in [0.15, 0.2) is 5.76 Å². The number of phenols is 1. The molecule has 0 saturated heterocycles. The second kappa shape index (κ2) is 10.4. The predicted octanol–water partition coefficient (Wildman–Crippen LogP) is 4.27. The second-order valence-corrected chi connectivity index (χ2v) is 9.60. The maximum absolute atomic E-state index is 13.3. The van der Waals surface area contributed by atoms with Crippen molar-refractivity contribution in [1.29, 1.82) is 0 Å². The fraction of sp³-hybridized carbons (Fsp3) is 0.172. The average Bonchev–Trinajstić information content (AvgIpc) is 2.91. The van der Waals surface area contributed by atoms with Gasteiger partial charge in [0, 0.05) is 10.6 Å². The number of benzene rings is 3. The number of carboxylic acids is 1. The van der Waals surface area contributed by atoms with E-state index in [1.807, 2.05) is 6.07 Å². The van der Waals surface area contributed by atoms with Gasteiger partial charge in [0.05, 0.1) is 17.0 Å². The fourth-order valence-corrected chi connectivity index (χ4v) is 5.07. The molecule has 4 aromatic rings. The molecule has 0 aliphatic carbocycles. The van der Waals surface area contributed by atoms with Gasteiger partial charge in [-0.3, -0.25) is 14.9 Å². The molecule has 1 aliphatic heterocycles. The van der Waals surface area contributed by atoms with E-state index in [0.717, 1.165) is 5.56 Å². The van der Waals surface area contributed by atoms with Crippen LogP contribution >= 0.6 is 11.6 Å². The summed E-state index contributed by atoms with van der Waals surface area (Å²) < 4.78 is 10.6. The van der Waals surface area contributed by atoms with E-state index in [2.05, 4.69) is 5.32 Å². The zero-order valence-corrected chi connectivity index (χ0v) is 21.3. The molecule has 0 bridgehead atoms. The number of nitrogens with one attached hydrogen (secondary N) is 1. The topological polar surface area (TPSA) is 143 Å². The molecule has 5 rings (SSSR count). The molecule has 1 aromatic heterocycles. The summed E-state index contributed by atoms with van der Waals surface area (Å²) in [5, 5.41) is 24.6. The van der Waals surface area contributed by atoms with Crippen molar-refractivity contribution in [2.75, 3.05) is 0 Å². The molecule has 2 heterocycles. The SMILES string of the molecule is C[C@H]1OC(=O)c2c(O)c(C(=O)c3cc4ccccc4c(=O)o3)cc(Cl)c2C1N[C@@H](Cc1ccccc1)C(=O)O. The third kappa shape index (κ3) is 4.89. The lowest BCUT2D eigenvalue weighted by molar-refractivity contribution is -0.139. The van der Waals surface area contributed by atoms with E-state index < -0.39 is 47.3 Å². The third-order valence-electron chi connectivity index (χ3n) is 6.67. The minimum Gasteiger partial charge on any atom is -0.506 e. The van der Waals surface area contributed by atoms with E-state index in [4.69, 9.17) is 20.8 Å². The van der Waals surface area contributed by atoms with E-state index in [1.165, 1.54) is 12.1 Å². The number of fused-ring (bicyclic) bond motifs is 2. The van der Waals surface area contributed by atoms with E-state index in [0.29, 0.717) is 5.39 Å². The number of cyclic esters (lactones) is 1. The first-order chi connectivity index (χ1) is 18.7. The number of aliphatic carboxylic acids is 1. The highest BCUT2D eigenvalue weighted by molar-refractivity contribution is 6.33. The Morgan fingerprint density at radius 3 is 2.46 bits per heavy atom. The number of hydrogen-bond acceptors (Lipinski definition) is 8. The number of carboxylic acid groups (broad SMARTS) is 1. The number of rotatable bonds is 7. The van der Waals surface area contributed by atoms with Crippen molar-refractivity contribution in [2.24, 2.45) is 0 Å². The molecule has 3 N–H and O–H groups in total. The van der Waals surface area contributed by atoms with Crippen LogP contribution in [-0.4, -0.2) is 40.1 Å². The molecule has 1 unspecified atom stereocenters. The maximum Gasteiger partial charge on any atom is 0.344 e. The average molecular weight is 548 g/mol. The number of carbonyl (C=O) groups is 3. The lowest BCUT2D eigenvalue weighted by Crippen LogP contribution is -2.47. The molecule has 0 radical (unpaired) electrons. The number of hydrogen-bond donors (Lipinski definition) is 3. The van der Waals surface area contributed by atoms with Crippen LogP contribution in [0, 0.1) is 0 Å². The molecule has 0 amide bonds. The van der Waals surface area contributed by atoms with E-state index in [-0.39, 0.29) is 39.3 Å². The molecule has 9 nitrogen and oxygen atoms in total. The lowest BCUT2D eigenvalue weighted by atomic mass is 9.89. The smallest absolute Gasteiger partial charge is 0.344 e. The number of carbonyl (C=O) groups excluding carboxylic acids is 2. The van der Waals surface area contributed by atoms with Gasteiger partial charge in [-0.2, -0.15) is 0 Å². The highest BCUT2D eigenvalue weighted by Gasteiger charge is 2.40. The molecular weight excluding hydrogens is 526 g/mol. The number of ketones is 1. The summed E-state index contributed by atoms with van der Waals surface area (Å²) in [6.07, 6.45) is -0.719. The highest BCUT2D eigenvalue weighted by Crippen LogP contribution is 2.42. The highest BCUT2D eigenvalue weighted by atomic mass is 35.5. The normalized spacial score (nSPS) is 17.3. The van der Waals surface area contributed by atoms with Crippen molar-refractivity contribution < 1.29 is 33.8 Å². The molecule has 3 atom stereocenters. The van der Waals surface area contributed by atoms with Gasteiger partial charge < -0.3 is 19.4 Å². The molecular formula is C29H22ClNO8. The summed E-state index contributed by atoms with van der Waals surface area (Å²) in [6, 6.07) is 16.0. The van der Waals surface area contributed by atoms with Crippen molar-refractivity contribution in [3.63, 3.8) is 0 Å². The molecule has 0 spiro atoms. The van der Waals surface area contributed by atoms with Crippen molar-refractivity contribution in [3.05, 3.63) is 110 Å². The first kappa shape index (κ1) is 26.1. The van der Waals surface area contributed by atoms with Crippen LogP contribution in [0.5, 0.6) is 5.75 Å². The van der Waals surface area contributed by atoms with Crippen molar-refractivity contribution >= 4 is 40.1 Å². The van der Waals surface area contributed by atoms with Gasteiger partial charge in [-0.25, -0.2) is 9.59 Å². The first-order valence-electron chi connectivity index (χ1n) is 12.0. The molecule has 39 heavy (non-hydrogen) atoms. The van der Waals surface area contributed by atoms with Gasteiger partial charge in [0.2, 0.25) is 5.78 Å². The Labute approximate surface area is 226 Å². The Kier molecular flexibility index (Phi) is 6.94. The first-order valence-corrected chi connectivity index (χ1v) is 12.4. The van der Waals surface area contributed by atoms with Crippen molar-refractivity contribution in [1.82, 2.24) is 5.32 Å². The zero-order chi connectivity index (χ0) is 27.8. The summed E-state index contributed by atoms with van der Waals surface area (Å²) in [6.45, 7) is 1.57. The predicted molar refractivity (Wildman–Crippen MR) is 141 cm³/mol. The van der Waals surface area contributed by atoms with Gasteiger partial charge in [-0.15, -0.1) is 0 Å². The molecule has 0 saturated carbocycles. The molecule has 10 heteroatoms. The number of halogens is 1. The van der Waals surface area contributed by atoms with Crippen molar-refractivity contribution in [2.45, 2.75) is 31.5 Å². The molecule has 0 fully saturated rings. The number of aromatic hydroxyl groups is 1. The quantitative estimate of drug-likeness (QED) is 0.228. The van der Waals surface area contributed by atoms with Crippen molar-refractivity contribution in [3.8, 4) is 5.75 Å². The Morgan fingerprint density at radius 2 is 1.74 bits per heavy atom. The largest absolute Gasteiger partial charge is 0.506 e. The molecule has 198 valence electrons. The van der Waals surface area contributed by atoms with Crippen LogP contribution in [0.3, 0.4) is 0 Å². The maximum atomic E-state index is 13.3. The van der Waals surface area contributed by atoms with Crippen LogP contribution in [0.15, 0.2) is 75.9 Å². The van der Waals surface area contributed by atoms with Crippen LogP contribution in [0.25, 0.3) is 10.8 Å². The monoisotopic (exact) mass is 547 g/mol. The summed E-state index contributed by atoms with van der Waals surface area (Å²) >= 11 is 6.57. The standard InChI is InChI=1S/C29H22ClNO8/c1-14-24(31-20(27(34)35)11-15-7-3-2-4-8-15)22-19(30)13-18(26(33)23(22)29(37)38-14)25(32)21-12-16-9-5-6-10-17(16)28(36)39-21/h2-10,12-14,20,24,31,33H,11H2,1H3,(H,34,35)/t14-,20+,24?/m1/s1. The molecule has 1 aliphatic rings. The summed E-state index contributed by atoms with van der Waals surface area (Å²) in [7, 11) is 0. The van der Waals surface area contributed by atoms with Gasteiger partial charge in [-0.05, 0) is 42.5 Å². The second-order valence-electron chi connectivity index (χ2n) is 9.19. The van der Waals surface area contributed by atoms with E-state index in [9.17, 15) is 29.4 Å². The van der Waals surface area contributed by atoms with Gasteiger partial charge in [-0.1, -0.05) is 60.1 Å². The molecule has 3 aromatic carbocycles. The zero-order valence-electron chi connectivity index (χ0n) is 20.5. The number of phenolic OH excluding ortho intramolecular Hbond substituents is 1. The van der Waals surface area contributed by atoms with E-state index in [1.54, 1.807) is 55.5 Å². The third-order valence-corrected chi connectivity index (χ3v) is 6.98. The Bertz CT molecular complexity index is 1680. The minimum absolute atomic E-state index is 0.0702. The summed E-state index contributed by atoms with van der Waals surface area (Å²) in [5.74, 6) is -4.01. The Balaban J connectivity index is 1.55. The lowest BCUT2D eigenvalue weighted by Gasteiger charge is -2.34.